The van der Waals surface area contributed by atoms with E-state index >= 15 is 0 Å². The van der Waals surface area contributed by atoms with Crippen LogP contribution in [0.4, 0.5) is 0 Å². The number of para-hydroxylation sites is 1. The summed E-state index contributed by atoms with van der Waals surface area (Å²) in [4.78, 5) is 15.2. The summed E-state index contributed by atoms with van der Waals surface area (Å²) in [6.07, 6.45) is 3.52. The molecule has 0 aliphatic rings. The number of benzene rings is 2. The normalized spacial score (nSPS) is 10.9. The molecule has 1 heterocycles. The van der Waals surface area contributed by atoms with Crippen molar-refractivity contribution in [3.05, 3.63) is 71.4 Å². The molecule has 3 rings (SSSR count). The smallest absolute Gasteiger partial charge is 0.221 e. The molecule has 0 aliphatic carbocycles. The molecule has 0 fully saturated rings. The van der Waals surface area contributed by atoms with Crippen molar-refractivity contribution in [2.24, 2.45) is 0 Å². The number of H-pyrrole nitrogens is 1. The second-order valence-electron chi connectivity index (χ2n) is 6.37. The molecule has 3 aromatic rings. The molecule has 3 N–H and O–H groups in total. The van der Waals surface area contributed by atoms with Gasteiger partial charge in [0, 0.05) is 36.6 Å². The molecule has 4 nitrogen and oxygen atoms in total. The summed E-state index contributed by atoms with van der Waals surface area (Å²) >= 11 is 0. The second kappa shape index (κ2) is 8.49. The average molecular weight is 335 g/mol. The van der Waals surface area contributed by atoms with Gasteiger partial charge in [0.25, 0.3) is 0 Å². The number of aromatic nitrogens is 1. The number of amides is 1. The molecule has 0 atom stereocenters. The lowest BCUT2D eigenvalue weighted by Gasteiger charge is -2.07. The number of hydrogen-bond donors (Lipinski definition) is 3. The summed E-state index contributed by atoms with van der Waals surface area (Å²) in [6, 6.07) is 16.6. The van der Waals surface area contributed by atoms with Crippen molar-refractivity contribution < 1.29 is 4.79 Å². The molecule has 0 unspecified atom stereocenters. The van der Waals surface area contributed by atoms with Gasteiger partial charge in [-0.3, -0.25) is 4.79 Å². The molecule has 1 aromatic heterocycles. The maximum atomic E-state index is 11.9. The number of carbonyl (C=O) groups excluding carboxylic acids is 1. The Hall–Kier alpha value is -2.59. The van der Waals surface area contributed by atoms with Gasteiger partial charge < -0.3 is 15.6 Å². The molecule has 0 spiro atoms. The Bertz CT molecular complexity index is 821. The van der Waals surface area contributed by atoms with Gasteiger partial charge in [-0.05, 0) is 37.1 Å². The van der Waals surface area contributed by atoms with Gasteiger partial charge in [0.1, 0.15) is 0 Å². The van der Waals surface area contributed by atoms with Crippen molar-refractivity contribution in [3.63, 3.8) is 0 Å². The minimum Gasteiger partial charge on any atom is -0.361 e. The maximum Gasteiger partial charge on any atom is 0.221 e. The van der Waals surface area contributed by atoms with E-state index in [-0.39, 0.29) is 5.91 Å². The van der Waals surface area contributed by atoms with Crippen LogP contribution in [0.2, 0.25) is 0 Å². The summed E-state index contributed by atoms with van der Waals surface area (Å²) in [5.41, 5.74) is 4.85. The zero-order chi connectivity index (χ0) is 17.5. The first-order chi connectivity index (χ1) is 12.2. The summed E-state index contributed by atoms with van der Waals surface area (Å²) in [5, 5.41) is 7.59. The third-order valence-electron chi connectivity index (χ3n) is 4.39. The van der Waals surface area contributed by atoms with E-state index in [1.165, 1.54) is 22.0 Å². The quantitative estimate of drug-likeness (QED) is 0.553. The predicted octanol–water partition coefficient (Wildman–Crippen LogP) is 3.31. The number of fused-ring (bicyclic) bond motifs is 1. The van der Waals surface area contributed by atoms with Crippen LogP contribution in [-0.2, 0) is 17.8 Å². The van der Waals surface area contributed by atoms with Crippen LogP contribution in [0.15, 0.2) is 54.7 Å². The van der Waals surface area contributed by atoms with Gasteiger partial charge in [0.2, 0.25) is 5.91 Å². The van der Waals surface area contributed by atoms with E-state index in [9.17, 15) is 4.79 Å². The lowest BCUT2D eigenvalue weighted by Crippen LogP contribution is -2.28. The predicted molar refractivity (Wildman–Crippen MR) is 103 cm³/mol. The van der Waals surface area contributed by atoms with Crippen LogP contribution < -0.4 is 10.6 Å². The number of carbonyl (C=O) groups is 1. The molecule has 0 bridgehead atoms. The SMILES string of the molecule is Cc1ccc(CNC(=O)CCNCCc2c[nH]c3ccccc23)cc1. The number of aryl methyl sites for hydroxylation is 1. The summed E-state index contributed by atoms with van der Waals surface area (Å²) in [7, 11) is 0. The Morgan fingerprint density at radius 3 is 2.68 bits per heavy atom. The van der Waals surface area contributed by atoms with E-state index in [0.29, 0.717) is 19.5 Å². The molecule has 130 valence electrons. The van der Waals surface area contributed by atoms with Gasteiger partial charge in [0.05, 0.1) is 0 Å². The highest BCUT2D eigenvalue weighted by Crippen LogP contribution is 2.17. The van der Waals surface area contributed by atoms with Crippen LogP contribution in [-0.4, -0.2) is 24.0 Å². The summed E-state index contributed by atoms with van der Waals surface area (Å²) < 4.78 is 0. The van der Waals surface area contributed by atoms with Crippen molar-refractivity contribution >= 4 is 16.8 Å². The second-order valence-corrected chi connectivity index (χ2v) is 6.37. The number of nitrogens with one attached hydrogen (secondary N) is 3. The summed E-state index contributed by atoms with van der Waals surface area (Å²) in [5.74, 6) is 0.0835. The molecular formula is C21H25N3O. The van der Waals surface area contributed by atoms with Crippen molar-refractivity contribution in [3.8, 4) is 0 Å². The first-order valence-electron chi connectivity index (χ1n) is 8.80. The molecule has 0 aliphatic heterocycles. The van der Waals surface area contributed by atoms with Crippen LogP contribution in [0.1, 0.15) is 23.1 Å². The molecule has 1 amide bonds. The summed E-state index contributed by atoms with van der Waals surface area (Å²) in [6.45, 7) is 4.22. The van der Waals surface area contributed by atoms with Crippen molar-refractivity contribution in [2.75, 3.05) is 13.1 Å². The van der Waals surface area contributed by atoms with Gasteiger partial charge >= 0.3 is 0 Å². The van der Waals surface area contributed by atoms with E-state index in [2.05, 4.69) is 71.2 Å². The minimum absolute atomic E-state index is 0.0835. The van der Waals surface area contributed by atoms with E-state index in [1.807, 2.05) is 6.07 Å². The number of aromatic amines is 1. The van der Waals surface area contributed by atoms with Crippen LogP contribution in [0.25, 0.3) is 10.9 Å². The fourth-order valence-corrected chi connectivity index (χ4v) is 2.88. The van der Waals surface area contributed by atoms with Crippen LogP contribution >= 0.6 is 0 Å². The highest BCUT2D eigenvalue weighted by atomic mass is 16.1. The Labute approximate surface area is 148 Å². The zero-order valence-electron chi connectivity index (χ0n) is 14.6. The molecular weight excluding hydrogens is 310 g/mol. The number of hydrogen-bond acceptors (Lipinski definition) is 2. The van der Waals surface area contributed by atoms with E-state index in [1.54, 1.807) is 0 Å². The Kier molecular flexibility index (Phi) is 5.86. The Morgan fingerprint density at radius 2 is 1.84 bits per heavy atom. The molecule has 0 saturated carbocycles. The highest BCUT2D eigenvalue weighted by Gasteiger charge is 2.03. The molecule has 0 saturated heterocycles. The van der Waals surface area contributed by atoms with Gasteiger partial charge in [-0.1, -0.05) is 48.0 Å². The van der Waals surface area contributed by atoms with Gasteiger partial charge in [0.15, 0.2) is 0 Å². The Morgan fingerprint density at radius 1 is 1.04 bits per heavy atom. The van der Waals surface area contributed by atoms with E-state index in [0.717, 1.165) is 18.5 Å². The van der Waals surface area contributed by atoms with Crippen molar-refractivity contribution in [1.29, 1.82) is 0 Å². The van der Waals surface area contributed by atoms with Gasteiger partial charge in [-0.2, -0.15) is 0 Å². The largest absolute Gasteiger partial charge is 0.361 e. The van der Waals surface area contributed by atoms with Crippen LogP contribution in [0.3, 0.4) is 0 Å². The van der Waals surface area contributed by atoms with Gasteiger partial charge in [-0.15, -0.1) is 0 Å². The van der Waals surface area contributed by atoms with E-state index < -0.39 is 0 Å². The fourth-order valence-electron chi connectivity index (χ4n) is 2.88. The standard InChI is InChI=1S/C21H25N3O/c1-16-6-8-17(9-7-16)14-24-21(25)11-13-22-12-10-18-15-23-20-5-3-2-4-19(18)20/h2-9,15,22-23H,10-14H2,1H3,(H,24,25). The third kappa shape index (κ3) is 4.94. The van der Waals surface area contributed by atoms with E-state index in [4.69, 9.17) is 0 Å². The fraction of sp³-hybridized carbons (Fsp3) is 0.286. The molecule has 25 heavy (non-hydrogen) atoms. The lowest BCUT2D eigenvalue weighted by molar-refractivity contribution is -0.121. The highest BCUT2D eigenvalue weighted by molar-refractivity contribution is 5.83. The first-order valence-corrected chi connectivity index (χ1v) is 8.80. The van der Waals surface area contributed by atoms with Crippen LogP contribution in [0, 0.1) is 6.92 Å². The zero-order valence-corrected chi connectivity index (χ0v) is 14.6. The van der Waals surface area contributed by atoms with Crippen molar-refractivity contribution in [2.45, 2.75) is 26.3 Å². The lowest BCUT2D eigenvalue weighted by atomic mass is 10.1. The van der Waals surface area contributed by atoms with Gasteiger partial charge in [-0.25, -0.2) is 0 Å². The molecule has 2 aromatic carbocycles. The number of rotatable bonds is 8. The Balaban J connectivity index is 1.33. The topological polar surface area (TPSA) is 56.9 Å². The average Bonchev–Trinajstić information content (AvgIpc) is 3.04. The third-order valence-corrected chi connectivity index (χ3v) is 4.39. The van der Waals surface area contributed by atoms with Crippen molar-refractivity contribution in [1.82, 2.24) is 15.6 Å². The first kappa shape index (κ1) is 17.2. The van der Waals surface area contributed by atoms with Crippen LogP contribution in [0.5, 0.6) is 0 Å². The molecule has 4 heteroatoms. The molecule has 0 radical (unpaired) electrons. The minimum atomic E-state index is 0.0835. The maximum absolute atomic E-state index is 11.9. The monoisotopic (exact) mass is 335 g/mol.